The molecule has 1 aromatic carbocycles. The van der Waals surface area contributed by atoms with Crippen molar-refractivity contribution in [1.82, 2.24) is 5.32 Å². The molecule has 9 nitrogen and oxygen atoms in total. The van der Waals surface area contributed by atoms with Gasteiger partial charge >= 0.3 is 0 Å². The van der Waals surface area contributed by atoms with Crippen LogP contribution in [-0.2, 0) is 19.2 Å². The summed E-state index contributed by atoms with van der Waals surface area (Å²) in [5.41, 5.74) is 0.484. The number of nitrogens with one attached hydrogen (secondary N) is 1. The van der Waals surface area contributed by atoms with E-state index >= 15 is 0 Å². The molecule has 2 rings (SSSR count). The Hall–Kier alpha value is -2.04. The minimum Gasteiger partial charge on any atom is -0.388 e. The van der Waals surface area contributed by atoms with E-state index in [2.05, 4.69) is 5.32 Å². The van der Waals surface area contributed by atoms with Crippen molar-refractivity contribution in [2.24, 2.45) is 0 Å². The van der Waals surface area contributed by atoms with Crippen LogP contribution < -0.4 is 10.4 Å². The second kappa shape index (κ2) is 8.37. The molecule has 9 heteroatoms. The van der Waals surface area contributed by atoms with Crippen molar-refractivity contribution in [3.63, 3.8) is 0 Å². The first-order chi connectivity index (χ1) is 11.8. The Morgan fingerprint density at radius 2 is 1.80 bits per heavy atom. The van der Waals surface area contributed by atoms with E-state index in [1.807, 2.05) is 0 Å². The first-order valence-corrected chi connectivity index (χ1v) is 7.76. The summed E-state index contributed by atoms with van der Waals surface area (Å²) in [7, 11) is 0. The van der Waals surface area contributed by atoms with Crippen LogP contribution in [-0.4, -0.2) is 64.4 Å². The molecule has 2 amide bonds. The molecule has 1 heterocycles. The molecule has 0 bridgehead atoms. The normalized spacial score (nSPS) is 29.1. The Bertz CT molecular complexity index is 597. The topological polar surface area (TPSA) is 129 Å². The number of aliphatic hydroxyl groups is 3. The molecule has 0 radical (unpaired) electrons. The Labute approximate surface area is 144 Å². The van der Waals surface area contributed by atoms with Gasteiger partial charge in [0.2, 0.25) is 11.8 Å². The van der Waals surface area contributed by atoms with Gasteiger partial charge in [0.25, 0.3) is 0 Å². The number of hydrogen-bond donors (Lipinski definition) is 4. The molecule has 1 aliphatic rings. The quantitative estimate of drug-likeness (QED) is 0.495. The number of ether oxygens (including phenoxy) is 1. The van der Waals surface area contributed by atoms with Crippen LogP contribution in [0.5, 0.6) is 0 Å². The van der Waals surface area contributed by atoms with Crippen molar-refractivity contribution in [1.29, 1.82) is 0 Å². The van der Waals surface area contributed by atoms with Crippen molar-refractivity contribution in [3.8, 4) is 0 Å². The summed E-state index contributed by atoms with van der Waals surface area (Å²) in [4.78, 5) is 28.3. The molecule has 5 atom stereocenters. The van der Waals surface area contributed by atoms with Crippen molar-refractivity contribution in [2.75, 3.05) is 11.7 Å². The van der Waals surface area contributed by atoms with Crippen LogP contribution in [0.15, 0.2) is 30.3 Å². The third-order valence-corrected chi connectivity index (χ3v) is 3.73. The zero-order valence-electron chi connectivity index (χ0n) is 13.9. The summed E-state index contributed by atoms with van der Waals surface area (Å²) in [6.07, 6.45) is -5.51. The number of hydrogen-bond acceptors (Lipinski definition) is 7. The first kappa shape index (κ1) is 19.3. The van der Waals surface area contributed by atoms with Crippen LogP contribution >= 0.6 is 0 Å². The number of para-hydroxylation sites is 1. The molecule has 1 aromatic rings. The molecule has 1 fully saturated rings. The highest BCUT2D eigenvalue weighted by atomic mass is 16.7. The molecule has 25 heavy (non-hydrogen) atoms. The molecule has 1 aliphatic heterocycles. The molecule has 0 spiro atoms. The fourth-order valence-corrected chi connectivity index (χ4v) is 2.53. The largest absolute Gasteiger partial charge is 0.388 e. The first-order valence-electron chi connectivity index (χ1n) is 7.76. The van der Waals surface area contributed by atoms with Gasteiger partial charge in [0.15, 0.2) is 6.29 Å². The van der Waals surface area contributed by atoms with Gasteiger partial charge in [0.1, 0.15) is 31.0 Å². The number of carbonyl (C=O) groups excluding carboxylic acids is 2. The van der Waals surface area contributed by atoms with Gasteiger partial charge in [0, 0.05) is 13.8 Å². The van der Waals surface area contributed by atoms with Crippen molar-refractivity contribution in [3.05, 3.63) is 30.3 Å². The molecule has 4 N–H and O–H groups in total. The molecule has 1 unspecified atom stereocenters. The Balaban J connectivity index is 2.02. The maximum Gasteiger partial charge on any atom is 0.247 e. The number of hydroxylamine groups is 1. The average molecular weight is 354 g/mol. The fraction of sp³-hybridized carbons (Fsp3) is 0.500. The molecule has 138 valence electrons. The van der Waals surface area contributed by atoms with E-state index in [0.717, 1.165) is 5.06 Å². The molecular formula is C16H22N2O7. The Morgan fingerprint density at radius 3 is 2.36 bits per heavy atom. The highest BCUT2D eigenvalue weighted by Gasteiger charge is 2.44. The lowest BCUT2D eigenvalue weighted by Crippen LogP contribution is -2.64. The minimum absolute atomic E-state index is 0.295. The van der Waals surface area contributed by atoms with Crippen LogP contribution in [0.2, 0.25) is 0 Å². The molecular weight excluding hydrogens is 332 g/mol. The lowest BCUT2D eigenvalue weighted by molar-refractivity contribution is -0.257. The molecule has 0 aromatic heterocycles. The zero-order chi connectivity index (χ0) is 18.6. The van der Waals surface area contributed by atoms with Gasteiger partial charge in [-0.3, -0.25) is 14.4 Å². The lowest BCUT2D eigenvalue weighted by Gasteiger charge is -2.40. The Morgan fingerprint density at radius 1 is 1.16 bits per heavy atom. The van der Waals surface area contributed by atoms with E-state index < -0.39 is 42.5 Å². The van der Waals surface area contributed by atoms with Gasteiger partial charge in [-0.25, -0.2) is 0 Å². The van der Waals surface area contributed by atoms with E-state index in [-0.39, 0.29) is 6.61 Å². The summed E-state index contributed by atoms with van der Waals surface area (Å²) >= 11 is 0. The average Bonchev–Trinajstić information content (AvgIpc) is 2.56. The highest BCUT2D eigenvalue weighted by Crippen LogP contribution is 2.22. The second-order valence-electron chi connectivity index (χ2n) is 5.72. The number of amides is 2. The van der Waals surface area contributed by atoms with Gasteiger partial charge < -0.3 is 25.4 Å². The summed E-state index contributed by atoms with van der Waals surface area (Å²) in [6, 6.07) is 7.40. The minimum atomic E-state index is -1.53. The van der Waals surface area contributed by atoms with Crippen LogP contribution in [0, 0.1) is 0 Å². The Kier molecular flexibility index (Phi) is 6.45. The van der Waals surface area contributed by atoms with E-state index in [9.17, 15) is 24.9 Å². The van der Waals surface area contributed by atoms with E-state index in [0.29, 0.717) is 5.69 Å². The standard InChI is InChI=1S/C16H22N2O7/c1-9(19)17-13-15(22)14(21)12(25-16(13)23)8-24-18(10(2)20)11-6-4-3-5-7-11/h3-7,12-16,21-23H,8H2,1-2H3,(H,17,19)/t12-,13-,14-,15-,16?/m1/s1. The van der Waals surface area contributed by atoms with Crippen LogP contribution in [0.25, 0.3) is 0 Å². The van der Waals surface area contributed by atoms with Crippen molar-refractivity contribution in [2.45, 2.75) is 44.5 Å². The van der Waals surface area contributed by atoms with E-state index in [1.54, 1.807) is 30.3 Å². The SMILES string of the molecule is CC(=O)N[C@H]1C(O)O[C@H](CON(C(C)=O)c2ccccc2)[C@@H](O)[C@@H]1O. The van der Waals surface area contributed by atoms with Gasteiger partial charge in [-0.05, 0) is 12.1 Å². The molecule has 1 saturated heterocycles. The molecule has 0 saturated carbocycles. The van der Waals surface area contributed by atoms with E-state index in [1.165, 1.54) is 13.8 Å². The summed E-state index contributed by atoms with van der Waals surface area (Å²) in [5.74, 6) is -0.880. The number of benzene rings is 1. The monoisotopic (exact) mass is 354 g/mol. The second-order valence-corrected chi connectivity index (χ2v) is 5.72. The number of rotatable bonds is 5. The van der Waals surface area contributed by atoms with Crippen LogP contribution in [0.3, 0.4) is 0 Å². The van der Waals surface area contributed by atoms with Crippen molar-refractivity contribution < 1.29 is 34.5 Å². The number of anilines is 1. The zero-order valence-corrected chi connectivity index (χ0v) is 13.9. The smallest absolute Gasteiger partial charge is 0.247 e. The van der Waals surface area contributed by atoms with E-state index in [4.69, 9.17) is 9.57 Å². The maximum atomic E-state index is 11.8. The summed E-state index contributed by atoms with van der Waals surface area (Å²) < 4.78 is 5.22. The number of nitrogens with zero attached hydrogens (tertiary/aromatic N) is 1. The third-order valence-electron chi connectivity index (χ3n) is 3.73. The fourth-order valence-electron chi connectivity index (χ4n) is 2.53. The van der Waals surface area contributed by atoms with Crippen molar-refractivity contribution >= 4 is 17.5 Å². The van der Waals surface area contributed by atoms with Crippen LogP contribution in [0.4, 0.5) is 5.69 Å². The lowest BCUT2D eigenvalue weighted by atomic mass is 9.97. The van der Waals surface area contributed by atoms with Gasteiger partial charge in [-0.15, -0.1) is 0 Å². The third kappa shape index (κ3) is 4.74. The van der Waals surface area contributed by atoms with Gasteiger partial charge in [-0.1, -0.05) is 18.2 Å². The number of carbonyl (C=O) groups is 2. The predicted molar refractivity (Wildman–Crippen MR) is 86.1 cm³/mol. The summed E-state index contributed by atoms with van der Waals surface area (Å²) in [6.45, 7) is 2.23. The van der Waals surface area contributed by atoms with Crippen LogP contribution in [0.1, 0.15) is 13.8 Å². The van der Waals surface area contributed by atoms with Gasteiger partial charge in [0.05, 0.1) is 5.69 Å². The maximum absolute atomic E-state index is 11.8. The predicted octanol–water partition coefficient (Wildman–Crippen LogP) is -1.09. The summed E-state index contributed by atoms with van der Waals surface area (Å²) in [5, 5.41) is 33.5. The number of aliphatic hydroxyl groups excluding tert-OH is 3. The van der Waals surface area contributed by atoms with Gasteiger partial charge in [-0.2, -0.15) is 5.06 Å². The highest BCUT2D eigenvalue weighted by molar-refractivity contribution is 5.89. The molecule has 0 aliphatic carbocycles.